The fourth-order valence-electron chi connectivity index (χ4n) is 7.81. The second-order valence-electron chi connectivity index (χ2n) is 14.9. The van der Waals surface area contributed by atoms with Gasteiger partial charge >= 0.3 is 7.12 Å². The SMILES string of the molecule is CC1(C(=O)N2CCC3(CC2)C(=O)N([C@H]2C[C@@H](N4CCCCC4)C2)c2cc(B4OC(C)(C)C(C)(C)O4)ccc23)CC1. The number of benzene rings is 1. The summed E-state index contributed by atoms with van der Waals surface area (Å²) < 4.78 is 12.8. The number of hydrogen-bond donors (Lipinski definition) is 0. The molecule has 4 aliphatic heterocycles. The van der Waals surface area contributed by atoms with E-state index in [0.29, 0.717) is 32.0 Å². The molecule has 1 spiro atoms. The third-order valence-electron chi connectivity index (χ3n) is 11.7. The van der Waals surface area contributed by atoms with Gasteiger partial charge in [0.25, 0.3) is 0 Å². The van der Waals surface area contributed by atoms with Gasteiger partial charge in [-0.05, 0) is 109 Å². The van der Waals surface area contributed by atoms with Gasteiger partial charge in [-0.3, -0.25) is 9.59 Å². The number of rotatable bonds is 4. The monoisotopic (exact) mass is 547 g/mol. The van der Waals surface area contributed by atoms with Crippen LogP contribution >= 0.6 is 0 Å². The van der Waals surface area contributed by atoms with Crippen molar-refractivity contribution >= 4 is 30.1 Å². The predicted octanol–water partition coefficient (Wildman–Crippen LogP) is 4.01. The Morgan fingerprint density at radius 2 is 1.48 bits per heavy atom. The first-order valence-corrected chi connectivity index (χ1v) is 15.8. The van der Waals surface area contributed by atoms with Gasteiger partial charge in [0, 0.05) is 36.3 Å². The molecule has 2 amide bonds. The van der Waals surface area contributed by atoms with Crippen LogP contribution in [0.5, 0.6) is 0 Å². The van der Waals surface area contributed by atoms with Crippen LogP contribution in [0.3, 0.4) is 0 Å². The Bertz CT molecular complexity index is 1190. The Balaban J connectivity index is 1.18. The highest BCUT2D eigenvalue weighted by Crippen LogP contribution is 2.52. The Labute approximate surface area is 240 Å². The summed E-state index contributed by atoms with van der Waals surface area (Å²) in [5.74, 6) is 0.532. The molecule has 0 atom stereocenters. The summed E-state index contributed by atoms with van der Waals surface area (Å²) in [5.41, 5.74) is 1.63. The van der Waals surface area contributed by atoms with Crippen molar-refractivity contribution in [2.24, 2.45) is 5.41 Å². The number of carbonyl (C=O) groups excluding carboxylic acids is 2. The zero-order valence-electron chi connectivity index (χ0n) is 25.1. The molecule has 0 radical (unpaired) electrons. The molecule has 4 heterocycles. The number of hydrogen-bond acceptors (Lipinski definition) is 5. The minimum Gasteiger partial charge on any atom is -0.399 e. The van der Waals surface area contributed by atoms with Crippen LogP contribution in [0.4, 0.5) is 5.69 Å². The summed E-state index contributed by atoms with van der Waals surface area (Å²) in [6.07, 6.45) is 9.41. The molecule has 6 aliphatic rings. The first-order valence-electron chi connectivity index (χ1n) is 15.8. The molecule has 1 aromatic carbocycles. The molecule has 7 rings (SSSR count). The minimum absolute atomic E-state index is 0.165. The number of anilines is 1. The molecule has 1 aromatic rings. The first-order chi connectivity index (χ1) is 18.9. The largest absolute Gasteiger partial charge is 0.494 e. The van der Waals surface area contributed by atoms with Gasteiger partial charge in [0.1, 0.15) is 0 Å². The molecule has 5 fully saturated rings. The summed E-state index contributed by atoms with van der Waals surface area (Å²) in [6.45, 7) is 14.1. The maximum absolute atomic E-state index is 14.5. The standard InChI is InChI=1S/C32H46BN3O4/c1-29(2)30(3,4)40-33(39-29)22-9-10-25-26(19-22)36(24-20-23(21-24)34-15-7-6-8-16-34)28(38)32(25)13-17-35(18-14-32)27(37)31(5)11-12-31/h9-10,19,23-24H,6-8,11-18,20-21H2,1-5H3/t23-,24+. The lowest BCUT2D eigenvalue weighted by Gasteiger charge is -2.48. The molecule has 7 nitrogen and oxygen atoms in total. The van der Waals surface area contributed by atoms with E-state index in [-0.39, 0.29) is 23.3 Å². The Morgan fingerprint density at radius 1 is 0.850 bits per heavy atom. The molecule has 3 saturated heterocycles. The molecule has 2 aliphatic carbocycles. The highest BCUT2D eigenvalue weighted by molar-refractivity contribution is 6.62. The molecule has 216 valence electrons. The topological polar surface area (TPSA) is 62.3 Å². The highest BCUT2D eigenvalue weighted by atomic mass is 16.7. The van der Waals surface area contributed by atoms with Gasteiger partial charge < -0.3 is 24.0 Å². The van der Waals surface area contributed by atoms with E-state index in [1.165, 1.54) is 32.4 Å². The van der Waals surface area contributed by atoms with Gasteiger partial charge in [0.2, 0.25) is 11.8 Å². The Morgan fingerprint density at radius 3 is 2.08 bits per heavy atom. The Hall–Kier alpha value is -1.90. The third kappa shape index (κ3) is 4.03. The fraction of sp³-hybridized carbons (Fsp3) is 0.750. The zero-order valence-corrected chi connectivity index (χ0v) is 25.1. The number of nitrogens with zero attached hydrogens (tertiary/aromatic N) is 3. The molecule has 8 heteroatoms. The van der Waals surface area contributed by atoms with Gasteiger partial charge in [-0.2, -0.15) is 0 Å². The third-order valence-corrected chi connectivity index (χ3v) is 11.7. The van der Waals surface area contributed by atoms with E-state index in [9.17, 15) is 9.59 Å². The number of fused-ring (bicyclic) bond motifs is 2. The van der Waals surface area contributed by atoms with Crippen LogP contribution in [-0.2, 0) is 24.3 Å². The quantitative estimate of drug-likeness (QED) is 0.534. The first kappa shape index (κ1) is 27.0. The fourth-order valence-corrected chi connectivity index (χ4v) is 7.81. The van der Waals surface area contributed by atoms with Gasteiger partial charge in [-0.1, -0.05) is 25.5 Å². The van der Waals surface area contributed by atoms with E-state index in [0.717, 1.165) is 42.4 Å². The summed E-state index contributed by atoms with van der Waals surface area (Å²) >= 11 is 0. The summed E-state index contributed by atoms with van der Waals surface area (Å²) in [5, 5.41) is 0. The average molecular weight is 548 g/mol. The molecule has 0 aromatic heterocycles. The number of carbonyl (C=O) groups is 2. The molecule has 40 heavy (non-hydrogen) atoms. The highest BCUT2D eigenvalue weighted by Gasteiger charge is 2.58. The van der Waals surface area contributed by atoms with Gasteiger partial charge in [-0.15, -0.1) is 0 Å². The van der Waals surface area contributed by atoms with Crippen molar-refractivity contribution in [3.63, 3.8) is 0 Å². The molecule has 2 saturated carbocycles. The number of amides is 2. The summed E-state index contributed by atoms with van der Waals surface area (Å²) in [6, 6.07) is 7.29. The van der Waals surface area contributed by atoms with Crippen LogP contribution in [0.2, 0.25) is 0 Å². The smallest absolute Gasteiger partial charge is 0.399 e. The molecule has 0 bridgehead atoms. The van der Waals surface area contributed by atoms with Gasteiger partial charge in [0.15, 0.2) is 0 Å². The van der Waals surface area contributed by atoms with Crippen molar-refractivity contribution in [3.8, 4) is 0 Å². The molecular formula is C32H46BN3O4. The zero-order chi connectivity index (χ0) is 28.1. The van der Waals surface area contributed by atoms with Crippen molar-refractivity contribution in [3.05, 3.63) is 23.8 Å². The van der Waals surface area contributed by atoms with E-state index in [1.54, 1.807) is 0 Å². The summed E-state index contributed by atoms with van der Waals surface area (Å²) in [7, 11) is -0.454. The predicted molar refractivity (Wildman–Crippen MR) is 157 cm³/mol. The lowest BCUT2D eigenvalue weighted by atomic mass is 9.71. The second kappa shape index (κ2) is 9.05. The van der Waals surface area contributed by atoms with Gasteiger partial charge in [0.05, 0.1) is 16.6 Å². The van der Waals surface area contributed by atoms with Crippen LogP contribution in [0, 0.1) is 5.41 Å². The van der Waals surface area contributed by atoms with Crippen LogP contribution in [0.25, 0.3) is 0 Å². The van der Waals surface area contributed by atoms with E-state index < -0.39 is 23.7 Å². The van der Waals surface area contributed by atoms with Crippen molar-refractivity contribution in [1.29, 1.82) is 0 Å². The summed E-state index contributed by atoms with van der Waals surface area (Å²) in [4.78, 5) is 34.5. The molecular weight excluding hydrogens is 501 g/mol. The van der Waals surface area contributed by atoms with Crippen LogP contribution in [-0.4, -0.2) is 78.2 Å². The normalized spacial score (nSPS) is 31.8. The van der Waals surface area contributed by atoms with E-state index >= 15 is 0 Å². The average Bonchev–Trinajstić information content (AvgIpc) is 3.57. The molecule has 0 unspecified atom stereocenters. The van der Waals surface area contributed by atoms with Crippen molar-refractivity contribution in [1.82, 2.24) is 9.80 Å². The lowest BCUT2D eigenvalue weighted by molar-refractivity contribution is -0.140. The van der Waals surface area contributed by atoms with Crippen molar-refractivity contribution < 1.29 is 18.9 Å². The second-order valence-corrected chi connectivity index (χ2v) is 14.9. The van der Waals surface area contributed by atoms with Crippen molar-refractivity contribution in [2.75, 3.05) is 31.1 Å². The van der Waals surface area contributed by atoms with E-state index in [1.807, 2.05) is 4.90 Å². The van der Waals surface area contributed by atoms with Crippen molar-refractivity contribution in [2.45, 2.75) is 121 Å². The lowest BCUT2D eigenvalue weighted by Crippen LogP contribution is -2.58. The number of likely N-dealkylation sites (tertiary alicyclic amines) is 2. The maximum atomic E-state index is 14.5. The maximum Gasteiger partial charge on any atom is 0.494 e. The van der Waals surface area contributed by atoms with Crippen LogP contribution in [0.15, 0.2) is 18.2 Å². The van der Waals surface area contributed by atoms with E-state index in [4.69, 9.17) is 9.31 Å². The number of piperidine rings is 2. The van der Waals surface area contributed by atoms with E-state index in [2.05, 4.69) is 62.6 Å². The minimum atomic E-state index is -0.540. The van der Waals surface area contributed by atoms with Crippen LogP contribution < -0.4 is 10.4 Å². The molecule has 0 N–H and O–H groups in total. The van der Waals surface area contributed by atoms with Crippen LogP contribution in [0.1, 0.15) is 98.0 Å². The van der Waals surface area contributed by atoms with Gasteiger partial charge in [-0.25, -0.2) is 0 Å². The Kier molecular flexibility index (Phi) is 6.10.